The summed E-state index contributed by atoms with van der Waals surface area (Å²) < 4.78 is 5.21. The van der Waals surface area contributed by atoms with Crippen molar-refractivity contribution in [3.63, 3.8) is 0 Å². The Kier molecular flexibility index (Phi) is 3.37. The van der Waals surface area contributed by atoms with Gasteiger partial charge in [-0.15, -0.1) is 0 Å². The van der Waals surface area contributed by atoms with E-state index in [0.29, 0.717) is 16.6 Å². The second kappa shape index (κ2) is 5.20. The van der Waals surface area contributed by atoms with Gasteiger partial charge in [0.1, 0.15) is 5.75 Å². The molecule has 0 unspecified atom stereocenters. The second-order valence-corrected chi connectivity index (χ2v) is 4.90. The fraction of sp³-hybridized carbons (Fsp3) is 0.188. The number of ether oxygens (including phenoxy) is 1. The fourth-order valence-electron chi connectivity index (χ4n) is 2.47. The van der Waals surface area contributed by atoms with Crippen molar-refractivity contribution in [2.24, 2.45) is 0 Å². The minimum atomic E-state index is -1.53. The van der Waals surface area contributed by atoms with Gasteiger partial charge in [0.05, 0.1) is 18.1 Å². The van der Waals surface area contributed by atoms with Crippen molar-refractivity contribution >= 4 is 11.0 Å². The summed E-state index contributed by atoms with van der Waals surface area (Å²) in [5.74, 6) is 0.803. The monoisotopic (exact) mass is 284 g/mol. The molecule has 0 bridgehead atoms. The van der Waals surface area contributed by atoms with Gasteiger partial charge in [-0.2, -0.15) is 0 Å². The van der Waals surface area contributed by atoms with Gasteiger partial charge >= 0.3 is 0 Å². The first-order chi connectivity index (χ1) is 10.1. The van der Waals surface area contributed by atoms with Gasteiger partial charge in [0.2, 0.25) is 0 Å². The van der Waals surface area contributed by atoms with Crippen molar-refractivity contribution in [1.29, 1.82) is 0 Å². The molecule has 0 saturated carbocycles. The number of nitrogens with one attached hydrogen (secondary N) is 1. The third-order valence-electron chi connectivity index (χ3n) is 3.56. The predicted molar refractivity (Wildman–Crippen MR) is 80.0 cm³/mol. The first kappa shape index (κ1) is 13.6. The van der Waals surface area contributed by atoms with Crippen LogP contribution in [0, 0.1) is 6.92 Å². The summed E-state index contributed by atoms with van der Waals surface area (Å²) in [5.41, 5.74) is 4.71. The molecule has 2 heterocycles. The second-order valence-electron chi connectivity index (χ2n) is 4.90. The zero-order valence-corrected chi connectivity index (χ0v) is 11.8. The number of aromatic nitrogens is 2. The Labute approximate surface area is 121 Å². The van der Waals surface area contributed by atoms with Crippen LogP contribution in [-0.4, -0.2) is 27.3 Å². The molecular weight excluding hydrogens is 268 g/mol. The van der Waals surface area contributed by atoms with Crippen LogP contribution in [0.4, 0.5) is 0 Å². The molecule has 0 saturated heterocycles. The average Bonchev–Trinajstić information content (AvgIpc) is 2.90. The van der Waals surface area contributed by atoms with Crippen LogP contribution in [-0.2, 0) is 0 Å². The number of aromatic amines is 1. The number of aryl methyl sites for hydroxylation is 1. The molecule has 3 rings (SSSR count). The number of rotatable bonds is 3. The summed E-state index contributed by atoms with van der Waals surface area (Å²) in [6.07, 6.45) is 0.0363. The summed E-state index contributed by atoms with van der Waals surface area (Å²) in [7, 11) is 1.64. The molecule has 0 spiro atoms. The van der Waals surface area contributed by atoms with Gasteiger partial charge in [-0.05, 0) is 42.8 Å². The minimum absolute atomic E-state index is 0.414. The lowest BCUT2D eigenvalue weighted by atomic mass is 10.1. The Morgan fingerprint density at radius 3 is 2.67 bits per heavy atom. The standard InChI is InChI=1S/C16H16N2O3/c1-9-7-10(21-2)3-4-11(9)13-8-14-15(18-13)12(16(19)20)5-6-17-14/h3-8,16,18-20H,1-2H3. The van der Waals surface area contributed by atoms with Crippen molar-refractivity contribution in [3.8, 4) is 17.0 Å². The number of H-pyrrole nitrogens is 1. The molecular formula is C16H16N2O3. The van der Waals surface area contributed by atoms with Crippen LogP contribution in [0.15, 0.2) is 36.5 Å². The summed E-state index contributed by atoms with van der Waals surface area (Å²) in [4.78, 5) is 7.47. The van der Waals surface area contributed by atoms with E-state index in [1.165, 1.54) is 0 Å². The van der Waals surface area contributed by atoms with Crippen molar-refractivity contribution in [2.45, 2.75) is 13.2 Å². The lowest BCUT2D eigenvalue weighted by Crippen LogP contribution is -1.96. The number of aliphatic hydroxyl groups is 2. The molecule has 5 nitrogen and oxygen atoms in total. The van der Waals surface area contributed by atoms with Gasteiger partial charge in [-0.1, -0.05) is 0 Å². The third kappa shape index (κ3) is 2.37. The molecule has 0 atom stereocenters. The largest absolute Gasteiger partial charge is 0.497 e. The quantitative estimate of drug-likeness (QED) is 0.646. The number of fused-ring (bicyclic) bond motifs is 1. The van der Waals surface area contributed by atoms with E-state index >= 15 is 0 Å². The Balaban J connectivity index is 2.15. The Morgan fingerprint density at radius 2 is 2.00 bits per heavy atom. The molecule has 3 N–H and O–H groups in total. The number of hydrogen-bond acceptors (Lipinski definition) is 4. The number of hydrogen-bond donors (Lipinski definition) is 3. The molecule has 21 heavy (non-hydrogen) atoms. The van der Waals surface area contributed by atoms with Crippen molar-refractivity contribution in [1.82, 2.24) is 9.97 Å². The maximum Gasteiger partial charge on any atom is 0.180 e. The van der Waals surface area contributed by atoms with Gasteiger partial charge < -0.3 is 19.9 Å². The number of methoxy groups -OCH3 is 1. The van der Waals surface area contributed by atoms with Gasteiger partial charge in [-0.3, -0.25) is 4.98 Å². The average molecular weight is 284 g/mol. The SMILES string of the molecule is COc1ccc(-c2cc3nccc(C(O)O)c3[nH]2)c(C)c1. The zero-order chi connectivity index (χ0) is 15.0. The topological polar surface area (TPSA) is 78.4 Å². The summed E-state index contributed by atoms with van der Waals surface area (Å²) >= 11 is 0. The molecule has 0 aliphatic carbocycles. The van der Waals surface area contributed by atoms with E-state index in [0.717, 1.165) is 22.6 Å². The lowest BCUT2D eigenvalue weighted by Gasteiger charge is -2.06. The molecule has 0 fully saturated rings. The molecule has 0 amide bonds. The van der Waals surface area contributed by atoms with Crippen LogP contribution in [0.3, 0.4) is 0 Å². The smallest absolute Gasteiger partial charge is 0.180 e. The molecule has 2 aromatic heterocycles. The van der Waals surface area contributed by atoms with E-state index in [1.54, 1.807) is 19.4 Å². The molecule has 5 heteroatoms. The zero-order valence-electron chi connectivity index (χ0n) is 11.8. The number of aliphatic hydroxyl groups excluding tert-OH is 1. The maximum atomic E-state index is 9.42. The van der Waals surface area contributed by atoms with Crippen molar-refractivity contribution in [3.05, 3.63) is 47.7 Å². The Hall–Kier alpha value is -2.37. The van der Waals surface area contributed by atoms with E-state index in [4.69, 9.17) is 4.74 Å². The lowest BCUT2D eigenvalue weighted by molar-refractivity contribution is -0.0414. The van der Waals surface area contributed by atoms with E-state index in [-0.39, 0.29) is 0 Å². The van der Waals surface area contributed by atoms with Gasteiger partial charge in [0.15, 0.2) is 6.29 Å². The fourth-order valence-corrected chi connectivity index (χ4v) is 2.47. The van der Waals surface area contributed by atoms with Crippen LogP contribution in [0.2, 0.25) is 0 Å². The van der Waals surface area contributed by atoms with Gasteiger partial charge in [0.25, 0.3) is 0 Å². The van der Waals surface area contributed by atoms with Crippen LogP contribution < -0.4 is 4.74 Å². The third-order valence-corrected chi connectivity index (χ3v) is 3.56. The maximum absolute atomic E-state index is 9.42. The minimum Gasteiger partial charge on any atom is -0.497 e. The van der Waals surface area contributed by atoms with Crippen LogP contribution >= 0.6 is 0 Å². The molecule has 0 aliphatic rings. The highest BCUT2D eigenvalue weighted by Gasteiger charge is 2.13. The Morgan fingerprint density at radius 1 is 1.19 bits per heavy atom. The van der Waals surface area contributed by atoms with E-state index < -0.39 is 6.29 Å². The highest BCUT2D eigenvalue weighted by Crippen LogP contribution is 2.30. The highest BCUT2D eigenvalue weighted by molar-refractivity contribution is 5.85. The summed E-state index contributed by atoms with van der Waals surface area (Å²) in [6.45, 7) is 2.00. The van der Waals surface area contributed by atoms with E-state index in [1.807, 2.05) is 31.2 Å². The number of pyridine rings is 1. The predicted octanol–water partition coefficient (Wildman–Crippen LogP) is 2.53. The van der Waals surface area contributed by atoms with Crippen LogP contribution in [0.1, 0.15) is 17.4 Å². The Bertz CT molecular complexity index is 793. The van der Waals surface area contributed by atoms with Gasteiger partial charge in [0, 0.05) is 23.0 Å². The highest BCUT2D eigenvalue weighted by atomic mass is 16.5. The van der Waals surface area contributed by atoms with Crippen LogP contribution in [0.25, 0.3) is 22.3 Å². The van der Waals surface area contributed by atoms with E-state index in [9.17, 15) is 10.2 Å². The normalized spacial score (nSPS) is 11.3. The van der Waals surface area contributed by atoms with Gasteiger partial charge in [-0.25, -0.2) is 0 Å². The van der Waals surface area contributed by atoms with Crippen molar-refractivity contribution in [2.75, 3.05) is 7.11 Å². The van der Waals surface area contributed by atoms with E-state index in [2.05, 4.69) is 9.97 Å². The molecule has 0 aliphatic heterocycles. The molecule has 0 radical (unpaired) electrons. The summed E-state index contributed by atoms with van der Waals surface area (Å²) in [5, 5.41) is 18.8. The molecule has 108 valence electrons. The van der Waals surface area contributed by atoms with Crippen LogP contribution in [0.5, 0.6) is 5.75 Å². The van der Waals surface area contributed by atoms with Crippen molar-refractivity contribution < 1.29 is 14.9 Å². The first-order valence-corrected chi connectivity index (χ1v) is 6.59. The molecule has 3 aromatic rings. The molecule has 1 aromatic carbocycles. The number of benzene rings is 1. The first-order valence-electron chi connectivity index (χ1n) is 6.59. The number of nitrogens with zero attached hydrogens (tertiary/aromatic N) is 1. The summed E-state index contributed by atoms with van der Waals surface area (Å²) in [6, 6.07) is 9.30.